The highest BCUT2D eigenvalue weighted by molar-refractivity contribution is 6.07. The number of aryl methyl sites for hydroxylation is 1. The van der Waals surface area contributed by atoms with Crippen LogP contribution in [0, 0.1) is 58.7 Å². The number of ether oxygens (including phenoxy) is 1. The van der Waals surface area contributed by atoms with Gasteiger partial charge < -0.3 is 4.74 Å². The van der Waals surface area contributed by atoms with E-state index in [0.29, 0.717) is 5.56 Å². The Balaban J connectivity index is 1.74. The van der Waals surface area contributed by atoms with E-state index in [2.05, 4.69) is 12.1 Å². The minimum Gasteiger partial charge on any atom is -0.478 e. The summed E-state index contributed by atoms with van der Waals surface area (Å²) >= 11 is 0. The number of hydrogen-bond acceptors (Lipinski definition) is 4. The lowest BCUT2D eigenvalue weighted by atomic mass is 10.0. The molecular formula is C33H22F5N3O2. The average molecular weight is 588 g/mol. The van der Waals surface area contributed by atoms with Gasteiger partial charge in [0.15, 0.2) is 28.9 Å². The molecule has 0 saturated heterocycles. The summed E-state index contributed by atoms with van der Waals surface area (Å²) in [4.78, 5) is 15.4. The molecule has 10 heteroatoms. The molecule has 0 aliphatic rings. The number of carbonyl (C=O) groups is 1. The van der Waals surface area contributed by atoms with Crippen LogP contribution in [-0.4, -0.2) is 11.5 Å². The second-order valence-corrected chi connectivity index (χ2v) is 9.85. The van der Waals surface area contributed by atoms with Gasteiger partial charge in [0.05, 0.1) is 28.1 Å². The van der Waals surface area contributed by atoms with Gasteiger partial charge in [0.2, 0.25) is 5.82 Å². The maximum Gasteiger partial charge on any atom is 0.275 e. The molecule has 5 nitrogen and oxygen atoms in total. The molecule has 0 saturated carbocycles. The molecule has 216 valence electrons. The molecule has 0 fully saturated rings. The van der Waals surface area contributed by atoms with Crippen molar-refractivity contribution < 1.29 is 31.5 Å². The van der Waals surface area contributed by atoms with Gasteiger partial charge in [-0.2, -0.15) is 10.5 Å². The minimum atomic E-state index is -2.26. The Morgan fingerprint density at radius 3 is 1.77 bits per heavy atom. The molecule has 0 atom stereocenters. The highest BCUT2D eigenvalue weighted by Crippen LogP contribution is 2.35. The van der Waals surface area contributed by atoms with Crippen molar-refractivity contribution >= 4 is 29.4 Å². The molecule has 0 radical (unpaired) electrons. The molecule has 43 heavy (non-hydrogen) atoms. The second-order valence-electron chi connectivity index (χ2n) is 9.85. The summed E-state index contributed by atoms with van der Waals surface area (Å²) in [5.74, 6) is -10.8. The number of nitrogens with zero attached hydrogens (tertiary/aromatic N) is 3. The van der Waals surface area contributed by atoms with Crippen molar-refractivity contribution in [3.8, 4) is 17.9 Å². The predicted molar refractivity (Wildman–Crippen MR) is 151 cm³/mol. The third kappa shape index (κ3) is 5.95. The van der Waals surface area contributed by atoms with Crippen LogP contribution in [0.2, 0.25) is 0 Å². The number of hydrogen-bond donors (Lipinski definition) is 0. The number of carbonyl (C=O) groups excluding carboxylic acids is 1. The SMILES string of the molecule is Cc1ccc(/C=C/c2c(F)c(F)c(F)c(F)c2F)cc1OC(C)(C)C(=O)N(c1ccccc1C#N)c1ccccc1C#N. The van der Waals surface area contributed by atoms with E-state index in [1.165, 1.54) is 43.0 Å². The van der Waals surface area contributed by atoms with Crippen molar-refractivity contribution in [2.45, 2.75) is 26.4 Å². The Morgan fingerprint density at radius 2 is 1.26 bits per heavy atom. The van der Waals surface area contributed by atoms with Gasteiger partial charge in [-0.25, -0.2) is 22.0 Å². The van der Waals surface area contributed by atoms with E-state index >= 15 is 0 Å². The molecule has 4 aromatic rings. The van der Waals surface area contributed by atoms with Gasteiger partial charge in [0, 0.05) is 0 Å². The Bertz CT molecular complexity index is 1770. The third-order valence-corrected chi connectivity index (χ3v) is 6.51. The predicted octanol–water partition coefficient (Wildman–Crippen LogP) is 8.13. The fourth-order valence-electron chi connectivity index (χ4n) is 4.24. The fourth-order valence-corrected chi connectivity index (χ4v) is 4.24. The zero-order chi connectivity index (χ0) is 31.5. The summed E-state index contributed by atoms with van der Waals surface area (Å²) in [7, 11) is 0. The van der Waals surface area contributed by atoms with Crippen molar-refractivity contribution in [2.24, 2.45) is 0 Å². The van der Waals surface area contributed by atoms with E-state index in [1.807, 2.05) is 0 Å². The zero-order valence-corrected chi connectivity index (χ0v) is 23.1. The minimum absolute atomic E-state index is 0.177. The largest absolute Gasteiger partial charge is 0.478 e. The Kier molecular flexibility index (Phi) is 8.63. The molecule has 1 amide bonds. The highest BCUT2D eigenvalue weighted by atomic mass is 19.2. The lowest BCUT2D eigenvalue weighted by Crippen LogP contribution is -2.47. The normalized spacial score (nSPS) is 11.2. The first-order valence-corrected chi connectivity index (χ1v) is 12.7. The number of rotatable bonds is 7. The number of nitriles is 2. The average Bonchev–Trinajstić information content (AvgIpc) is 3.01. The molecule has 0 aliphatic carbocycles. The van der Waals surface area contributed by atoms with Crippen LogP contribution in [-0.2, 0) is 4.79 Å². The maximum absolute atomic E-state index is 14.2. The zero-order valence-electron chi connectivity index (χ0n) is 23.1. The first-order chi connectivity index (χ1) is 20.4. The number of para-hydroxylation sites is 2. The Hall–Kier alpha value is -5.48. The number of halogens is 5. The molecule has 0 heterocycles. The van der Waals surface area contributed by atoms with Crippen LogP contribution in [0.1, 0.15) is 41.7 Å². The lowest BCUT2D eigenvalue weighted by molar-refractivity contribution is -0.130. The molecule has 0 unspecified atom stereocenters. The lowest BCUT2D eigenvalue weighted by Gasteiger charge is -2.33. The topological polar surface area (TPSA) is 77.1 Å². The van der Waals surface area contributed by atoms with Crippen LogP contribution in [0.25, 0.3) is 12.2 Å². The van der Waals surface area contributed by atoms with Crippen molar-refractivity contribution in [1.29, 1.82) is 10.5 Å². The Morgan fingerprint density at radius 1 is 0.767 bits per heavy atom. The van der Waals surface area contributed by atoms with E-state index in [4.69, 9.17) is 4.74 Å². The van der Waals surface area contributed by atoms with E-state index in [0.717, 1.165) is 12.2 Å². The monoisotopic (exact) mass is 587 g/mol. The summed E-state index contributed by atoms with van der Waals surface area (Å²) in [6.45, 7) is 4.66. The van der Waals surface area contributed by atoms with Gasteiger partial charge in [-0.3, -0.25) is 9.69 Å². The summed E-state index contributed by atoms with van der Waals surface area (Å²) in [5, 5.41) is 19.5. The first-order valence-electron chi connectivity index (χ1n) is 12.7. The van der Waals surface area contributed by atoms with Crippen LogP contribution < -0.4 is 9.64 Å². The van der Waals surface area contributed by atoms with Gasteiger partial charge in [0.25, 0.3) is 5.91 Å². The second kappa shape index (κ2) is 12.2. The smallest absolute Gasteiger partial charge is 0.275 e. The van der Waals surface area contributed by atoms with Gasteiger partial charge in [-0.1, -0.05) is 42.5 Å². The van der Waals surface area contributed by atoms with Crippen molar-refractivity contribution in [3.05, 3.63) is 124 Å². The van der Waals surface area contributed by atoms with Crippen LogP contribution in [0.5, 0.6) is 5.75 Å². The van der Waals surface area contributed by atoms with Gasteiger partial charge in [-0.15, -0.1) is 0 Å². The van der Waals surface area contributed by atoms with E-state index in [9.17, 15) is 37.3 Å². The van der Waals surface area contributed by atoms with Gasteiger partial charge in [-0.05, 0) is 68.3 Å². The van der Waals surface area contributed by atoms with Crippen LogP contribution in [0.15, 0.2) is 66.7 Å². The van der Waals surface area contributed by atoms with E-state index in [1.54, 1.807) is 49.4 Å². The quantitative estimate of drug-likeness (QED) is 0.0947. The molecule has 0 N–H and O–H groups in total. The van der Waals surface area contributed by atoms with Crippen LogP contribution in [0.3, 0.4) is 0 Å². The maximum atomic E-state index is 14.2. The van der Waals surface area contributed by atoms with Crippen molar-refractivity contribution in [3.63, 3.8) is 0 Å². The molecule has 4 aromatic carbocycles. The number of amides is 1. The fraction of sp³-hybridized carbons (Fsp3) is 0.121. The number of anilines is 2. The summed E-state index contributed by atoms with van der Waals surface area (Å²) < 4.78 is 75.1. The molecule has 4 rings (SSSR count). The van der Waals surface area contributed by atoms with Crippen molar-refractivity contribution in [2.75, 3.05) is 4.90 Å². The molecule has 0 bridgehead atoms. The van der Waals surface area contributed by atoms with Crippen molar-refractivity contribution in [1.82, 2.24) is 0 Å². The standard InChI is InChI=1S/C33H22F5N3O2/c1-19-12-13-20(14-15-23-27(34)29(36)31(38)30(37)28(23)35)16-26(19)43-33(2,3)32(42)41(24-10-6-4-8-21(24)17-39)25-11-7-5-9-22(25)18-40/h4-16H,1-3H3/b15-14+. The molecule has 0 aromatic heterocycles. The Labute approximate surface area is 244 Å². The summed E-state index contributed by atoms with van der Waals surface area (Å²) in [6.07, 6.45) is 1.89. The first kappa shape index (κ1) is 30.5. The van der Waals surface area contributed by atoms with Crippen LogP contribution in [0.4, 0.5) is 33.3 Å². The van der Waals surface area contributed by atoms with Gasteiger partial charge in [0.1, 0.15) is 17.9 Å². The molecule has 0 aliphatic heterocycles. The summed E-state index contributed by atoms with van der Waals surface area (Å²) in [5.41, 5.74) is -1.08. The third-order valence-electron chi connectivity index (χ3n) is 6.51. The van der Waals surface area contributed by atoms with Crippen LogP contribution >= 0.6 is 0 Å². The van der Waals surface area contributed by atoms with Gasteiger partial charge >= 0.3 is 0 Å². The molecule has 0 spiro atoms. The van der Waals surface area contributed by atoms with E-state index in [-0.39, 0.29) is 33.8 Å². The summed E-state index contributed by atoms with van der Waals surface area (Å²) in [6, 6.07) is 21.4. The molecular weight excluding hydrogens is 565 g/mol. The van der Waals surface area contributed by atoms with E-state index < -0.39 is 46.2 Å². The highest BCUT2D eigenvalue weighted by Gasteiger charge is 2.38. The number of benzene rings is 4.